The number of fused-ring (bicyclic) bond motifs is 3. The summed E-state index contributed by atoms with van der Waals surface area (Å²) in [6, 6.07) is 24.2. The third-order valence-electron chi connectivity index (χ3n) is 5.67. The van der Waals surface area contributed by atoms with Gasteiger partial charge in [-0.25, -0.2) is 0 Å². The molecule has 1 unspecified atom stereocenters. The third-order valence-corrected chi connectivity index (χ3v) is 5.67. The van der Waals surface area contributed by atoms with Crippen LogP contribution in [0.4, 0.5) is 5.69 Å². The number of rotatable bonds is 3. The molecular formula is C23H24N+. The molecule has 1 nitrogen and oxygen atoms in total. The van der Waals surface area contributed by atoms with Gasteiger partial charge < -0.3 is 0 Å². The van der Waals surface area contributed by atoms with Crippen molar-refractivity contribution in [3.05, 3.63) is 77.9 Å². The largest absolute Gasteiger partial charge is 0.210 e. The number of hydrogen-bond donors (Lipinski definition) is 0. The monoisotopic (exact) mass is 314 g/mol. The first-order chi connectivity index (χ1) is 11.6. The standard InChI is InChI=1S/C23H24N/c1-4-24-17(2)23(3,16-18-10-6-5-7-11-18)22-20-13-9-8-12-19(20)14-15-21(22)24/h5-15H,4,16H2,1-3H3/q+1. The lowest BCUT2D eigenvalue weighted by molar-refractivity contribution is -0.434. The molecule has 1 heterocycles. The van der Waals surface area contributed by atoms with E-state index in [-0.39, 0.29) is 5.41 Å². The Balaban J connectivity index is 1.98. The van der Waals surface area contributed by atoms with Crippen LogP contribution in [0.3, 0.4) is 0 Å². The van der Waals surface area contributed by atoms with Crippen molar-refractivity contribution in [2.45, 2.75) is 32.6 Å². The lowest BCUT2D eigenvalue weighted by Gasteiger charge is -2.23. The molecule has 120 valence electrons. The average molecular weight is 314 g/mol. The van der Waals surface area contributed by atoms with Crippen LogP contribution in [-0.4, -0.2) is 16.8 Å². The maximum Gasteiger partial charge on any atom is 0.210 e. The van der Waals surface area contributed by atoms with Crippen molar-refractivity contribution < 1.29 is 4.58 Å². The van der Waals surface area contributed by atoms with E-state index in [1.54, 1.807) is 0 Å². The van der Waals surface area contributed by atoms with Crippen molar-refractivity contribution in [3.8, 4) is 0 Å². The second-order valence-corrected chi connectivity index (χ2v) is 7.00. The second kappa shape index (κ2) is 5.59. The molecule has 1 aliphatic heterocycles. The number of hydrogen-bond acceptors (Lipinski definition) is 0. The molecule has 1 atom stereocenters. The van der Waals surface area contributed by atoms with Crippen molar-refractivity contribution >= 4 is 22.2 Å². The summed E-state index contributed by atoms with van der Waals surface area (Å²) in [7, 11) is 0. The lowest BCUT2D eigenvalue weighted by Crippen LogP contribution is -2.33. The van der Waals surface area contributed by atoms with Gasteiger partial charge in [-0.15, -0.1) is 0 Å². The topological polar surface area (TPSA) is 3.01 Å². The van der Waals surface area contributed by atoms with E-state index in [1.807, 2.05) is 0 Å². The van der Waals surface area contributed by atoms with Crippen molar-refractivity contribution in [2.24, 2.45) is 0 Å². The van der Waals surface area contributed by atoms with E-state index in [9.17, 15) is 0 Å². The summed E-state index contributed by atoms with van der Waals surface area (Å²) in [5.74, 6) is 0. The Hall–Kier alpha value is -2.41. The van der Waals surface area contributed by atoms with Gasteiger partial charge in [0.1, 0.15) is 6.54 Å². The zero-order valence-corrected chi connectivity index (χ0v) is 14.7. The van der Waals surface area contributed by atoms with E-state index in [0.717, 1.165) is 13.0 Å². The molecule has 0 radical (unpaired) electrons. The van der Waals surface area contributed by atoms with Crippen molar-refractivity contribution in [1.82, 2.24) is 0 Å². The molecule has 1 heteroatoms. The minimum absolute atomic E-state index is 0.0353. The predicted molar refractivity (Wildman–Crippen MR) is 103 cm³/mol. The molecule has 3 aromatic carbocycles. The first-order valence-corrected chi connectivity index (χ1v) is 8.83. The van der Waals surface area contributed by atoms with Crippen LogP contribution in [0.2, 0.25) is 0 Å². The highest BCUT2D eigenvalue weighted by molar-refractivity contribution is 6.02. The van der Waals surface area contributed by atoms with Crippen molar-refractivity contribution in [2.75, 3.05) is 6.54 Å². The van der Waals surface area contributed by atoms with Crippen LogP contribution in [0.15, 0.2) is 66.7 Å². The van der Waals surface area contributed by atoms with Crippen LogP contribution in [0.25, 0.3) is 10.8 Å². The van der Waals surface area contributed by atoms with E-state index in [4.69, 9.17) is 0 Å². The van der Waals surface area contributed by atoms with Crippen LogP contribution < -0.4 is 0 Å². The van der Waals surface area contributed by atoms with E-state index < -0.39 is 0 Å². The highest BCUT2D eigenvalue weighted by Gasteiger charge is 2.47. The molecule has 0 bridgehead atoms. The number of nitrogens with zero attached hydrogens (tertiary/aromatic N) is 1. The summed E-state index contributed by atoms with van der Waals surface area (Å²) in [4.78, 5) is 0. The summed E-state index contributed by atoms with van der Waals surface area (Å²) in [5, 5.41) is 2.73. The average Bonchev–Trinajstić information content (AvgIpc) is 2.83. The smallest absolute Gasteiger partial charge is 0.199 e. The van der Waals surface area contributed by atoms with Gasteiger partial charge in [-0.3, -0.25) is 0 Å². The summed E-state index contributed by atoms with van der Waals surface area (Å²) in [6.45, 7) is 7.98. The minimum Gasteiger partial charge on any atom is -0.199 e. The van der Waals surface area contributed by atoms with Crippen LogP contribution in [0, 0.1) is 0 Å². The van der Waals surface area contributed by atoms with Gasteiger partial charge in [0.05, 0.1) is 5.41 Å². The Morgan fingerprint density at radius 1 is 0.875 bits per heavy atom. The van der Waals surface area contributed by atoms with Crippen LogP contribution in [-0.2, 0) is 11.8 Å². The highest BCUT2D eigenvalue weighted by Crippen LogP contribution is 2.45. The first kappa shape index (κ1) is 15.1. The van der Waals surface area contributed by atoms with E-state index in [1.165, 1.54) is 33.3 Å². The molecular weight excluding hydrogens is 290 g/mol. The van der Waals surface area contributed by atoms with E-state index in [2.05, 4.69) is 92.1 Å². The first-order valence-electron chi connectivity index (χ1n) is 8.83. The second-order valence-electron chi connectivity index (χ2n) is 7.00. The summed E-state index contributed by atoms with van der Waals surface area (Å²) in [5.41, 5.74) is 5.76. The molecule has 0 fully saturated rings. The minimum atomic E-state index is 0.0353. The molecule has 0 aliphatic carbocycles. The van der Waals surface area contributed by atoms with Crippen LogP contribution >= 0.6 is 0 Å². The van der Waals surface area contributed by atoms with Gasteiger partial charge >= 0.3 is 0 Å². The molecule has 1 aliphatic rings. The van der Waals surface area contributed by atoms with Crippen molar-refractivity contribution in [1.29, 1.82) is 0 Å². The summed E-state index contributed by atoms with van der Waals surface area (Å²) >= 11 is 0. The Kier molecular flexibility index (Phi) is 3.53. The Labute approximate surface area is 144 Å². The molecule has 0 N–H and O–H groups in total. The molecule has 24 heavy (non-hydrogen) atoms. The number of benzene rings is 3. The Morgan fingerprint density at radius 3 is 2.33 bits per heavy atom. The lowest BCUT2D eigenvalue weighted by atomic mass is 9.73. The highest BCUT2D eigenvalue weighted by atomic mass is 15.0. The van der Waals surface area contributed by atoms with E-state index in [0.29, 0.717) is 0 Å². The SMILES string of the molecule is CC[N+]1=C(C)C(C)(Cc2ccccc2)c2c1ccc1ccccc21. The van der Waals surface area contributed by atoms with Gasteiger partial charge in [0, 0.05) is 18.6 Å². The summed E-state index contributed by atoms with van der Waals surface area (Å²) < 4.78 is 2.49. The Morgan fingerprint density at radius 2 is 1.58 bits per heavy atom. The fourth-order valence-electron chi connectivity index (χ4n) is 4.35. The maximum atomic E-state index is 2.49. The molecule has 0 saturated heterocycles. The molecule has 3 aromatic rings. The zero-order chi connectivity index (χ0) is 16.7. The zero-order valence-electron chi connectivity index (χ0n) is 14.7. The molecule has 0 saturated carbocycles. The summed E-state index contributed by atoms with van der Waals surface area (Å²) in [6.07, 6.45) is 1.04. The normalized spacial score (nSPS) is 19.8. The molecule has 0 aromatic heterocycles. The quantitative estimate of drug-likeness (QED) is 0.563. The van der Waals surface area contributed by atoms with Gasteiger partial charge in [-0.05, 0) is 42.7 Å². The third kappa shape index (κ3) is 2.11. The Bertz CT molecular complexity index is 937. The molecule has 4 rings (SSSR count). The van der Waals surface area contributed by atoms with Crippen LogP contribution in [0.1, 0.15) is 31.9 Å². The predicted octanol–water partition coefficient (Wildman–Crippen LogP) is 5.48. The van der Waals surface area contributed by atoms with E-state index >= 15 is 0 Å². The molecule has 0 spiro atoms. The van der Waals surface area contributed by atoms with Gasteiger partial charge in [-0.1, -0.05) is 54.6 Å². The fraction of sp³-hybridized carbons (Fsp3) is 0.261. The maximum absolute atomic E-state index is 2.49. The van der Waals surface area contributed by atoms with Crippen molar-refractivity contribution in [3.63, 3.8) is 0 Å². The van der Waals surface area contributed by atoms with Gasteiger partial charge in [0.15, 0.2) is 5.71 Å². The van der Waals surface area contributed by atoms with Gasteiger partial charge in [0.25, 0.3) is 0 Å². The van der Waals surface area contributed by atoms with Crippen LogP contribution in [0.5, 0.6) is 0 Å². The molecule has 0 amide bonds. The fourth-order valence-corrected chi connectivity index (χ4v) is 4.35. The van der Waals surface area contributed by atoms with Gasteiger partial charge in [0.2, 0.25) is 5.69 Å². The van der Waals surface area contributed by atoms with Gasteiger partial charge in [-0.2, -0.15) is 4.58 Å².